The van der Waals surface area contributed by atoms with Crippen LogP contribution in [0.4, 0.5) is 0 Å². The zero-order chi connectivity index (χ0) is 12.3. The van der Waals surface area contributed by atoms with Gasteiger partial charge in [0, 0.05) is 16.7 Å². The first-order valence-electron chi connectivity index (χ1n) is 5.55. The van der Waals surface area contributed by atoms with Crippen molar-refractivity contribution < 1.29 is 0 Å². The van der Waals surface area contributed by atoms with Gasteiger partial charge in [-0.05, 0) is 13.3 Å². The van der Waals surface area contributed by atoms with Gasteiger partial charge in [-0.3, -0.25) is 0 Å². The van der Waals surface area contributed by atoms with Crippen LogP contribution in [-0.2, 0) is 6.42 Å². The van der Waals surface area contributed by atoms with E-state index in [1.807, 2.05) is 6.92 Å². The molecule has 0 aliphatic carbocycles. The van der Waals surface area contributed by atoms with Gasteiger partial charge in [0.05, 0.1) is 0 Å². The number of rotatable bonds is 3. The second-order valence-corrected chi connectivity index (χ2v) is 7.00. The summed E-state index contributed by atoms with van der Waals surface area (Å²) < 4.78 is 0.145. The average Bonchev–Trinajstić information content (AvgIpc) is 2.11. The molecule has 4 heteroatoms. The Morgan fingerprint density at radius 1 is 1.25 bits per heavy atom. The maximum absolute atomic E-state index is 6.12. The molecular weight excluding hydrogens is 240 g/mol. The fourth-order valence-corrected chi connectivity index (χ4v) is 2.46. The Labute approximate surface area is 107 Å². The van der Waals surface area contributed by atoms with Crippen molar-refractivity contribution in [3.63, 3.8) is 0 Å². The third kappa shape index (κ3) is 3.95. The molecule has 0 atom stereocenters. The van der Waals surface area contributed by atoms with Crippen LogP contribution in [0.2, 0.25) is 5.15 Å². The topological polar surface area (TPSA) is 25.8 Å². The van der Waals surface area contributed by atoms with Gasteiger partial charge in [-0.25, -0.2) is 9.97 Å². The van der Waals surface area contributed by atoms with E-state index in [2.05, 4.69) is 37.7 Å². The third-order valence-corrected chi connectivity index (χ3v) is 3.54. The first-order valence-corrected chi connectivity index (χ1v) is 6.75. The predicted octanol–water partition coefficient (Wildman–Crippen LogP) is 4.28. The van der Waals surface area contributed by atoms with Crippen LogP contribution in [0.5, 0.6) is 0 Å². The number of thioether (sulfide) groups is 1. The molecule has 0 N–H and O–H groups in total. The zero-order valence-electron chi connectivity index (χ0n) is 10.6. The minimum atomic E-state index is 0.145. The smallest absolute Gasteiger partial charge is 0.136 e. The van der Waals surface area contributed by atoms with Crippen LogP contribution in [0.3, 0.4) is 0 Å². The molecule has 0 fully saturated rings. The van der Waals surface area contributed by atoms with E-state index in [0.29, 0.717) is 5.15 Å². The summed E-state index contributed by atoms with van der Waals surface area (Å²) in [6.45, 7) is 10.6. The van der Waals surface area contributed by atoms with Gasteiger partial charge in [-0.15, -0.1) is 11.8 Å². The lowest BCUT2D eigenvalue weighted by molar-refractivity contribution is 0.777. The van der Waals surface area contributed by atoms with Gasteiger partial charge in [-0.2, -0.15) is 0 Å². The van der Waals surface area contributed by atoms with Crippen molar-refractivity contribution >= 4 is 23.4 Å². The van der Waals surface area contributed by atoms with Crippen LogP contribution in [0, 0.1) is 6.92 Å². The van der Waals surface area contributed by atoms with Crippen molar-refractivity contribution in [1.29, 1.82) is 0 Å². The Morgan fingerprint density at radius 2 is 1.88 bits per heavy atom. The summed E-state index contributed by atoms with van der Waals surface area (Å²) in [5.41, 5.74) is 0.987. The summed E-state index contributed by atoms with van der Waals surface area (Å²) in [5, 5.41) is 1.60. The Morgan fingerprint density at radius 3 is 2.38 bits per heavy atom. The number of aryl methyl sites for hydroxylation is 1. The van der Waals surface area contributed by atoms with E-state index in [1.165, 1.54) is 0 Å². The summed E-state index contributed by atoms with van der Waals surface area (Å²) in [5.74, 6) is 0.852. The molecule has 0 radical (unpaired) electrons. The molecule has 0 bridgehead atoms. The van der Waals surface area contributed by atoms with Crippen LogP contribution >= 0.6 is 23.4 Å². The van der Waals surface area contributed by atoms with Crippen molar-refractivity contribution in [2.75, 3.05) is 0 Å². The Hall–Kier alpha value is -0.280. The van der Waals surface area contributed by atoms with Crippen LogP contribution in [0.15, 0.2) is 5.03 Å². The minimum Gasteiger partial charge on any atom is -0.226 e. The largest absolute Gasteiger partial charge is 0.226 e. The van der Waals surface area contributed by atoms with E-state index in [-0.39, 0.29) is 4.75 Å². The van der Waals surface area contributed by atoms with Crippen LogP contribution in [-0.4, -0.2) is 14.7 Å². The first kappa shape index (κ1) is 13.8. The number of nitrogens with zero attached hydrogens (tertiary/aromatic N) is 2. The quantitative estimate of drug-likeness (QED) is 0.598. The highest BCUT2D eigenvalue weighted by molar-refractivity contribution is 8.00. The minimum absolute atomic E-state index is 0.145. The van der Waals surface area contributed by atoms with E-state index in [1.54, 1.807) is 11.8 Å². The molecule has 1 heterocycles. The van der Waals surface area contributed by atoms with Crippen molar-refractivity contribution in [1.82, 2.24) is 9.97 Å². The monoisotopic (exact) mass is 258 g/mol. The van der Waals surface area contributed by atoms with Crippen LogP contribution < -0.4 is 0 Å². The van der Waals surface area contributed by atoms with Crippen LogP contribution in [0.25, 0.3) is 0 Å². The van der Waals surface area contributed by atoms with Gasteiger partial charge in [0.25, 0.3) is 0 Å². The van der Waals surface area contributed by atoms with E-state index >= 15 is 0 Å². The highest BCUT2D eigenvalue weighted by Crippen LogP contribution is 2.34. The SMILES string of the molecule is CCCc1nc(Cl)c(C)c(SC(C)(C)C)n1. The van der Waals surface area contributed by atoms with E-state index < -0.39 is 0 Å². The van der Waals surface area contributed by atoms with Gasteiger partial charge >= 0.3 is 0 Å². The normalized spacial score (nSPS) is 11.9. The lowest BCUT2D eigenvalue weighted by Gasteiger charge is -2.18. The van der Waals surface area contributed by atoms with Crippen molar-refractivity contribution in [2.24, 2.45) is 0 Å². The lowest BCUT2D eigenvalue weighted by Crippen LogP contribution is -2.09. The molecule has 0 saturated carbocycles. The molecule has 0 aliphatic heterocycles. The van der Waals surface area contributed by atoms with Gasteiger partial charge in [0.1, 0.15) is 16.0 Å². The summed E-state index contributed by atoms with van der Waals surface area (Å²) in [6.07, 6.45) is 1.93. The molecule has 90 valence electrons. The molecule has 0 aliphatic rings. The van der Waals surface area contributed by atoms with Gasteiger partial charge in [0.2, 0.25) is 0 Å². The molecular formula is C12H19ClN2S. The highest BCUT2D eigenvalue weighted by atomic mass is 35.5. The van der Waals surface area contributed by atoms with Crippen molar-refractivity contribution in [3.05, 3.63) is 16.5 Å². The van der Waals surface area contributed by atoms with Crippen LogP contribution in [0.1, 0.15) is 45.5 Å². The highest BCUT2D eigenvalue weighted by Gasteiger charge is 2.17. The van der Waals surface area contributed by atoms with E-state index in [9.17, 15) is 0 Å². The average molecular weight is 259 g/mol. The molecule has 1 rings (SSSR count). The number of hydrogen-bond acceptors (Lipinski definition) is 3. The summed E-state index contributed by atoms with van der Waals surface area (Å²) >= 11 is 7.87. The summed E-state index contributed by atoms with van der Waals surface area (Å²) in [4.78, 5) is 8.87. The van der Waals surface area contributed by atoms with Crippen molar-refractivity contribution in [3.8, 4) is 0 Å². The molecule has 0 amide bonds. The molecule has 1 aromatic rings. The molecule has 1 aromatic heterocycles. The second kappa shape index (κ2) is 5.37. The number of aromatic nitrogens is 2. The molecule has 0 saturated heterocycles. The number of halogens is 1. The van der Waals surface area contributed by atoms with E-state index in [0.717, 1.165) is 29.3 Å². The molecule has 0 aromatic carbocycles. The maximum atomic E-state index is 6.12. The Balaban J connectivity index is 3.06. The van der Waals surface area contributed by atoms with Gasteiger partial charge in [0.15, 0.2) is 0 Å². The summed E-state index contributed by atoms with van der Waals surface area (Å²) in [7, 11) is 0. The van der Waals surface area contributed by atoms with E-state index in [4.69, 9.17) is 11.6 Å². The zero-order valence-corrected chi connectivity index (χ0v) is 12.2. The van der Waals surface area contributed by atoms with Crippen molar-refractivity contribution in [2.45, 2.75) is 57.2 Å². The Bertz CT molecular complexity index is 372. The lowest BCUT2D eigenvalue weighted by atomic mass is 10.3. The predicted molar refractivity (Wildman–Crippen MR) is 71.4 cm³/mol. The van der Waals surface area contributed by atoms with Gasteiger partial charge in [-0.1, -0.05) is 39.3 Å². The second-order valence-electron chi connectivity index (χ2n) is 4.83. The van der Waals surface area contributed by atoms with Gasteiger partial charge < -0.3 is 0 Å². The standard InChI is InChI=1S/C12H19ClN2S/c1-6-7-9-14-10(13)8(2)11(15-9)16-12(3,4)5/h6-7H2,1-5H3. The molecule has 0 unspecified atom stereocenters. The molecule has 0 spiro atoms. The Kier molecular flexibility index (Phi) is 4.62. The molecule has 2 nitrogen and oxygen atoms in total. The molecule has 16 heavy (non-hydrogen) atoms. The number of hydrogen-bond donors (Lipinski definition) is 0. The summed E-state index contributed by atoms with van der Waals surface area (Å²) in [6, 6.07) is 0. The fourth-order valence-electron chi connectivity index (χ4n) is 1.24. The fraction of sp³-hybridized carbons (Fsp3) is 0.667. The first-order chi connectivity index (χ1) is 7.33. The maximum Gasteiger partial charge on any atom is 0.136 e. The third-order valence-electron chi connectivity index (χ3n) is 1.96.